The summed E-state index contributed by atoms with van der Waals surface area (Å²) in [5, 5.41) is 5.59. The first-order valence-corrected chi connectivity index (χ1v) is 8.70. The van der Waals surface area contributed by atoms with Crippen LogP contribution in [0, 0.1) is 5.92 Å². The highest BCUT2D eigenvalue weighted by Gasteiger charge is 2.27. The van der Waals surface area contributed by atoms with Gasteiger partial charge in [0.1, 0.15) is 6.04 Å². The Balaban J connectivity index is 1.92. The molecule has 1 atom stereocenters. The summed E-state index contributed by atoms with van der Waals surface area (Å²) < 4.78 is 0. The van der Waals surface area contributed by atoms with Gasteiger partial charge in [-0.05, 0) is 23.6 Å². The Bertz CT molecular complexity index is 704. The largest absolute Gasteiger partial charge is 0.338 e. The van der Waals surface area contributed by atoms with Crippen LogP contribution in [0.4, 0.5) is 4.79 Å². The molecular weight excluding hydrogens is 328 g/mol. The maximum Gasteiger partial charge on any atom is 0.315 e. The fourth-order valence-electron chi connectivity index (χ4n) is 2.53. The minimum atomic E-state index is -0.598. The zero-order valence-electron chi connectivity index (χ0n) is 15.5. The van der Waals surface area contributed by atoms with Crippen molar-refractivity contribution < 1.29 is 9.59 Å². The van der Waals surface area contributed by atoms with Crippen molar-refractivity contribution in [2.24, 2.45) is 5.92 Å². The Morgan fingerprint density at radius 3 is 2.38 bits per heavy atom. The maximum absolute atomic E-state index is 12.8. The van der Waals surface area contributed by atoms with Gasteiger partial charge in [0.25, 0.3) is 0 Å². The van der Waals surface area contributed by atoms with Crippen LogP contribution in [-0.2, 0) is 17.9 Å². The van der Waals surface area contributed by atoms with Crippen LogP contribution in [0.2, 0.25) is 0 Å². The molecule has 0 aliphatic rings. The Morgan fingerprint density at radius 2 is 1.77 bits per heavy atom. The lowest BCUT2D eigenvalue weighted by molar-refractivity contribution is -0.133. The number of rotatable bonds is 7. The molecule has 0 saturated heterocycles. The molecule has 6 heteroatoms. The molecule has 3 amide bonds. The highest BCUT2D eigenvalue weighted by atomic mass is 16.2. The number of nitrogens with zero attached hydrogens (tertiary/aromatic N) is 2. The van der Waals surface area contributed by atoms with E-state index in [1.165, 1.54) is 0 Å². The van der Waals surface area contributed by atoms with Gasteiger partial charge in [-0.3, -0.25) is 9.78 Å². The number of carbonyl (C=O) groups is 2. The van der Waals surface area contributed by atoms with Crippen molar-refractivity contribution in [2.75, 3.05) is 7.05 Å². The van der Waals surface area contributed by atoms with E-state index in [0.29, 0.717) is 13.1 Å². The maximum atomic E-state index is 12.8. The number of likely N-dealkylation sites (N-methyl/N-ethyl adjacent to an activating group) is 1. The first-order valence-electron chi connectivity index (χ1n) is 8.70. The number of carbonyl (C=O) groups excluding carboxylic acids is 2. The molecule has 0 fully saturated rings. The standard InChI is InChI=1S/C20H26N4O2/c1-15(2)18(19(25)24(3)14-17-11-7-8-12-21-17)23-20(26)22-13-16-9-5-4-6-10-16/h4-12,15,18H,13-14H2,1-3H3,(H2,22,23,26). The van der Waals surface area contributed by atoms with Gasteiger partial charge in [0, 0.05) is 19.8 Å². The Labute approximate surface area is 154 Å². The molecule has 6 nitrogen and oxygen atoms in total. The lowest BCUT2D eigenvalue weighted by Gasteiger charge is -2.27. The van der Waals surface area contributed by atoms with Gasteiger partial charge in [-0.15, -0.1) is 0 Å². The van der Waals surface area contributed by atoms with Crippen molar-refractivity contribution in [3.8, 4) is 0 Å². The molecular formula is C20H26N4O2. The van der Waals surface area contributed by atoms with E-state index in [1.54, 1.807) is 18.1 Å². The van der Waals surface area contributed by atoms with Gasteiger partial charge in [-0.25, -0.2) is 4.79 Å². The van der Waals surface area contributed by atoms with E-state index in [1.807, 2.05) is 62.4 Å². The van der Waals surface area contributed by atoms with Crippen LogP contribution < -0.4 is 10.6 Å². The van der Waals surface area contributed by atoms with E-state index in [9.17, 15) is 9.59 Å². The quantitative estimate of drug-likeness (QED) is 0.802. The number of urea groups is 1. The SMILES string of the molecule is CC(C)C(NC(=O)NCc1ccccc1)C(=O)N(C)Cc1ccccn1. The first-order chi connectivity index (χ1) is 12.5. The summed E-state index contributed by atoms with van der Waals surface area (Å²) in [5.41, 5.74) is 1.81. The predicted octanol–water partition coefficient (Wildman–Crippen LogP) is 2.56. The molecule has 0 aliphatic carbocycles. The van der Waals surface area contributed by atoms with Crippen LogP contribution in [0.3, 0.4) is 0 Å². The summed E-state index contributed by atoms with van der Waals surface area (Å²) in [7, 11) is 1.72. The van der Waals surface area contributed by atoms with Crippen molar-refractivity contribution in [1.29, 1.82) is 0 Å². The Morgan fingerprint density at radius 1 is 1.08 bits per heavy atom. The summed E-state index contributed by atoms with van der Waals surface area (Å²) in [6, 6.07) is 14.3. The van der Waals surface area contributed by atoms with E-state index in [0.717, 1.165) is 11.3 Å². The predicted molar refractivity (Wildman–Crippen MR) is 101 cm³/mol. The van der Waals surface area contributed by atoms with Gasteiger partial charge in [0.05, 0.1) is 12.2 Å². The van der Waals surface area contributed by atoms with E-state index in [-0.39, 0.29) is 17.9 Å². The van der Waals surface area contributed by atoms with Crippen molar-refractivity contribution in [3.63, 3.8) is 0 Å². The highest BCUT2D eigenvalue weighted by Crippen LogP contribution is 2.08. The number of hydrogen-bond acceptors (Lipinski definition) is 3. The zero-order chi connectivity index (χ0) is 18.9. The summed E-state index contributed by atoms with van der Waals surface area (Å²) in [5.74, 6) is -0.170. The summed E-state index contributed by atoms with van der Waals surface area (Å²) >= 11 is 0. The van der Waals surface area contributed by atoms with Gasteiger partial charge < -0.3 is 15.5 Å². The van der Waals surface area contributed by atoms with Crippen LogP contribution in [0.25, 0.3) is 0 Å². The van der Waals surface area contributed by atoms with Crippen LogP contribution in [-0.4, -0.2) is 34.9 Å². The minimum absolute atomic E-state index is 0.0313. The first kappa shape index (κ1) is 19.4. The van der Waals surface area contributed by atoms with Crippen molar-refractivity contribution in [3.05, 3.63) is 66.0 Å². The molecule has 0 saturated carbocycles. The van der Waals surface area contributed by atoms with Crippen LogP contribution in [0.1, 0.15) is 25.1 Å². The second kappa shape index (κ2) is 9.56. The Kier molecular flexibility index (Phi) is 7.14. The Hall–Kier alpha value is -2.89. The fraction of sp³-hybridized carbons (Fsp3) is 0.350. The van der Waals surface area contributed by atoms with E-state index in [2.05, 4.69) is 15.6 Å². The van der Waals surface area contributed by atoms with Crippen LogP contribution in [0.15, 0.2) is 54.7 Å². The zero-order valence-corrected chi connectivity index (χ0v) is 15.5. The van der Waals surface area contributed by atoms with Gasteiger partial charge in [-0.2, -0.15) is 0 Å². The van der Waals surface area contributed by atoms with E-state index in [4.69, 9.17) is 0 Å². The molecule has 138 valence electrons. The summed E-state index contributed by atoms with van der Waals surface area (Å²) in [6.07, 6.45) is 1.70. The summed E-state index contributed by atoms with van der Waals surface area (Å²) in [4.78, 5) is 30.8. The molecule has 1 aromatic carbocycles. The van der Waals surface area contributed by atoms with Crippen molar-refractivity contribution in [2.45, 2.75) is 33.0 Å². The van der Waals surface area contributed by atoms with Gasteiger partial charge in [0.15, 0.2) is 0 Å². The number of benzene rings is 1. The van der Waals surface area contributed by atoms with Crippen LogP contribution in [0.5, 0.6) is 0 Å². The second-order valence-electron chi connectivity index (χ2n) is 6.55. The van der Waals surface area contributed by atoms with E-state index >= 15 is 0 Å². The molecule has 1 unspecified atom stereocenters. The van der Waals surface area contributed by atoms with Crippen molar-refractivity contribution in [1.82, 2.24) is 20.5 Å². The van der Waals surface area contributed by atoms with Gasteiger partial charge in [0.2, 0.25) is 5.91 Å². The van der Waals surface area contributed by atoms with Crippen LogP contribution >= 0.6 is 0 Å². The fourth-order valence-corrected chi connectivity index (χ4v) is 2.53. The number of hydrogen-bond donors (Lipinski definition) is 2. The molecule has 0 aliphatic heterocycles. The molecule has 0 bridgehead atoms. The smallest absolute Gasteiger partial charge is 0.315 e. The third-order valence-corrected chi connectivity index (χ3v) is 4.02. The number of pyridine rings is 1. The lowest BCUT2D eigenvalue weighted by Crippen LogP contribution is -2.52. The molecule has 2 aromatic rings. The third kappa shape index (κ3) is 5.88. The van der Waals surface area contributed by atoms with Gasteiger partial charge in [-0.1, -0.05) is 50.2 Å². The van der Waals surface area contributed by atoms with Gasteiger partial charge >= 0.3 is 6.03 Å². The number of nitrogens with one attached hydrogen (secondary N) is 2. The molecule has 2 rings (SSSR count). The molecule has 0 spiro atoms. The minimum Gasteiger partial charge on any atom is -0.338 e. The topological polar surface area (TPSA) is 74.3 Å². The van der Waals surface area contributed by atoms with Crippen molar-refractivity contribution >= 4 is 11.9 Å². The molecule has 1 heterocycles. The molecule has 1 aromatic heterocycles. The second-order valence-corrected chi connectivity index (χ2v) is 6.55. The lowest BCUT2D eigenvalue weighted by atomic mass is 10.0. The van der Waals surface area contributed by atoms with E-state index < -0.39 is 6.04 Å². The molecule has 2 N–H and O–H groups in total. The molecule has 26 heavy (non-hydrogen) atoms. The summed E-state index contributed by atoms with van der Waals surface area (Å²) in [6.45, 7) is 4.63. The third-order valence-electron chi connectivity index (χ3n) is 4.02. The number of aromatic nitrogens is 1. The normalized spacial score (nSPS) is 11.7. The molecule has 0 radical (unpaired) electrons. The highest BCUT2D eigenvalue weighted by molar-refractivity contribution is 5.87. The average molecular weight is 354 g/mol. The number of amides is 3. The average Bonchev–Trinajstić information content (AvgIpc) is 2.65. The monoisotopic (exact) mass is 354 g/mol.